The Morgan fingerprint density at radius 3 is 0.869 bits per heavy atom. The third-order valence-electron chi connectivity index (χ3n) is 9.25. The van der Waals surface area contributed by atoms with Gasteiger partial charge in [0.05, 0.1) is 0 Å². The Morgan fingerprint density at radius 1 is 0.361 bits per heavy atom. The molecule has 0 aliphatic carbocycles. The second-order valence-electron chi connectivity index (χ2n) is 12.6. The summed E-state index contributed by atoms with van der Waals surface area (Å²) in [5, 5.41) is 9.18. The Kier molecular flexibility index (Phi) is 13.1. The van der Waals surface area contributed by atoms with Gasteiger partial charge in [-0.3, -0.25) is 0 Å². The first-order valence-electron chi connectivity index (χ1n) is 16.2. The summed E-state index contributed by atoms with van der Waals surface area (Å²) in [6.07, 6.45) is -7.22. The minimum absolute atomic E-state index is 0.329. The number of thiol groups is 1. The molecule has 0 saturated heterocycles. The molecule has 23 heteroatoms. The lowest BCUT2D eigenvalue weighted by atomic mass is 9.12. The van der Waals surface area contributed by atoms with Gasteiger partial charge in [-0.2, -0.15) is 0 Å². The Labute approximate surface area is 331 Å². The van der Waals surface area contributed by atoms with E-state index in [-0.39, 0.29) is 0 Å². The number of halogens is 20. The molecule has 0 heterocycles. The average molecular weight is 910 g/mol. The van der Waals surface area contributed by atoms with E-state index in [1.807, 2.05) is 12.1 Å². The van der Waals surface area contributed by atoms with Gasteiger partial charge in [0.2, 0.25) is 0 Å². The van der Waals surface area contributed by atoms with Gasteiger partial charge >= 0.3 is 0 Å². The molecule has 0 spiro atoms. The molecule has 0 fully saturated rings. The van der Waals surface area contributed by atoms with Gasteiger partial charge in [-0.15, -0.1) is 21.9 Å². The van der Waals surface area contributed by atoms with Crippen LogP contribution in [0.2, 0.25) is 0 Å². The maximum absolute atomic E-state index is 15.4. The Balaban J connectivity index is 0.000000366. The van der Waals surface area contributed by atoms with E-state index in [4.69, 9.17) is 0 Å². The van der Waals surface area contributed by atoms with Gasteiger partial charge in [-0.1, -0.05) is 24.3 Å². The van der Waals surface area contributed by atoms with Crippen LogP contribution in [-0.2, 0) is 17.5 Å². The van der Waals surface area contributed by atoms with E-state index in [0.717, 1.165) is 5.75 Å². The molecule has 1 N–H and O–H groups in total. The number of benzene rings is 6. The van der Waals surface area contributed by atoms with Crippen molar-refractivity contribution in [1.82, 2.24) is 0 Å². The van der Waals surface area contributed by atoms with E-state index in [1.165, 1.54) is 27.8 Å². The van der Waals surface area contributed by atoms with Crippen LogP contribution >= 0.6 is 0 Å². The van der Waals surface area contributed by atoms with Crippen LogP contribution in [0.3, 0.4) is 0 Å². The molecular formula is C38H15BF20OS. The van der Waals surface area contributed by atoms with E-state index in [0.29, 0.717) is 5.75 Å². The first kappa shape index (κ1) is 46.2. The van der Waals surface area contributed by atoms with Crippen LogP contribution < -0.4 is 21.9 Å². The number of hydrogen-bond donors (Lipinski definition) is 1. The molecule has 6 rings (SSSR count). The van der Waals surface area contributed by atoms with E-state index in [1.54, 1.807) is 12.1 Å². The van der Waals surface area contributed by atoms with Crippen LogP contribution in [0, 0.1) is 123 Å². The van der Waals surface area contributed by atoms with Crippen molar-refractivity contribution in [1.29, 1.82) is 0 Å². The second-order valence-corrected chi connectivity index (χ2v) is 13.7. The van der Waals surface area contributed by atoms with Gasteiger partial charge in [0, 0.05) is 17.3 Å². The van der Waals surface area contributed by atoms with E-state index < -0.39 is 144 Å². The van der Waals surface area contributed by atoms with Crippen molar-refractivity contribution in [3.05, 3.63) is 176 Å². The molecule has 0 atom stereocenters. The summed E-state index contributed by atoms with van der Waals surface area (Å²) < 4.78 is 294. The molecule has 0 saturated carbocycles. The van der Waals surface area contributed by atoms with Crippen molar-refractivity contribution in [3.63, 3.8) is 0 Å². The summed E-state index contributed by atoms with van der Waals surface area (Å²) in [5.74, 6) is -70.1. The number of aryl methyl sites for hydroxylation is 1. The maximum atomic E-state index is 15.4. The third-order valence-corrected chi connectivity index (χ3v) is 10.4. The standard InChI is InChI=1S/C24BF20.C14H14OS/c26-5-1(6(27)14(35)21(42)13(5)34)25(2-7(28)15(36)22(43)16(37)8(2)29,3-9(30)17(38)23(44)18(39)10(3)31)4-11(32)19(40)24(45)20(41)12(4)33;1-11-4-2-3-5-12(11)10-16-14-8-6-13(15)7-9-14/h;2-9,15H,10H2,1H3/q-1;/p+1. The molecule has 1 nitrogen and oxygen atoms in total. The fraction of sp³-hybridized carbons (Fsp3) is 0.0526. The van der Waals surface area contributed by atoms with Crippen LogP contribution in [0.5, 0.6) is 5.75 Å². The van der Waals surface area contributed by atoms with Crippen LogP contribution in [0.1, 0.15) is 11.1 Å². The smallest absolute Gasteiger partial charge is 0.200 e. The quantitative estimate of drug-likeness (QED) is 0.0424. The van der Waals surface area contributed by atoms with Gasteiger partial charge < -0.3 is 5.11 Å². The Morgan fingerprint density at radius 2 is 0.607 bits per heavy atom. The zero-order chi connectivity index (χ0) is 45.7. The van der Waals surface area contributed by atoms with Crippen molar-refractivity contribution in [2.24, 2.45) is 0 Å². The summed E-state index contributed by atoms with van der Waals surface area (Å²) in [7, 11) is 0. The maximum Gasteiger partial charge on any atom is 0.200 e. The van der Waals surface area contributed by atoms with Crippen molar-refractivity contribution < 1.29 is 92.9 Å². The Hall–Kier alpha value is -5.87. The van der Waals surface area contributed by atoms with Crippen molar-refractivity contribution in [2.75, 3.05) is 0 Å². The molecular weight excluding hydrogens is 895 g/mol. The lowest BCUT2D eigenvalue weighted by molar-refractivity contribution is 0.378. The van der Waals surface area contributed by atoms with Gasteiger partial charge in [0.1, 0.15) is 64.2 Å². The summed E-state index contributed by atoms with van der Waals surface area (Å²) in [6, 6.07) is 15.9. The van der Waals surface area contributed by atoms with Crippen LogP contribution in [0.4, 0.5) is 87.8 Å². The number of hydrogen-bond acceptors (Lipinski definition) is 1. The van der Waals surface area contributed by atoms with Gasteiger partial charge in [-0.25, -0.2) is 87.8 Å². The second kappa shape index (κ2) is 17.2. The minimum atomic E-state index is -7.22. The SMILES string of the molecule is Cc1ccccc1C[SH+]c1ccc(O)cc1.Fc1c(F)c(F)c([B-](c2c(F)c(F)c(F)c(F)c2F)(c2c(F)c(F)c(F)c(F)c2F)c2c(F)c(F)c(F)c(F)c2F)c(F)c1F. The monoisotopic (exact) mass is 910 g/mol. The molecule has 0 aliphatic heterocycles. The van der Waals surface area contributed by atoms with Crippen LogP contribution in [0.15, 0.2) is 53.4 Å². The van der Waals surface area contributed by atoms with Crippen molar-refractivity contribution in [3.8, 4) is 5.75 Å². The lowest BCUT2D eigenvalue weighted by Crippen LogP contribution is -2.81. The van der Waals surface area contributed by atoms with Gasteiger partial charge in [0.25, 0.3) is 0 Å². The molecule has 61 heavy (non-hydrogen) atoms. The molecule has 0 radical (unpaired) electrons. The summed E-state index contributed by atoms with van der Waals surface area (Å²) in [4.78, 5) is 1.24. The van der Waals surface area contributed by atoms with Crippen molar-refractivity contribution in [2.45, 2.75) is 17.6 Å². The Bertz CT molecular complexity index is 2340. The number of aromatic hydroxyl groups is 1. The number of phenolic OH excluding ortho intramolecular Hbond substituents is 1. The molecule has 0 aliphatic rings. The predicted molar refractivity (Wildman–Crippen MR) is 179 cm³/mol. The first-order valence-corrected chi connectivity index (χ1v) is 17.3. The van der Waals surface area contributed by atoms with E-state index >= 15 is 35.1 Å². The fourth-order valence-electron chi connectivity index (χ4n) is 6.40. The highest BCUT2D eigenvalue weighted by atomic mass is 32.2. The lowest BCUT2D eigenvalue weighted by Gasteiger charge is -2.44. The zero-order valence-electron chi connectivity index (χ0n) is 29.4. The molecule has 6 aromatic rings. The van der Waals surface area contributed by atoms with Gasteiger partial charge in [0.15, 0.2) is 74.7 Å². The topological polar surface area (TPSA) is 20.2 Å². The summed E-state index contributed by atoms with van der Waals surface area (Å²) in [5.41, 5.74) is -11.6. The first-order chi connectivity index (χ1) is 28.5. The highest BCUT2D eigenvalue weighted by molar-refractivity contribution is 7.77. The largest absolute Gasteiger partial charge is 0.508 e. The third kappa shape index (κ3) is 7.49. The molecule has 6 aromatic carbocycles. The van der Waals surface area contributed by atoms with Gasteiger partial charge in [-0.05, 0) is 36.8 Å². The predicted octanol–water partition coefficient (Wildman–Crippen LogP) is 8.92. The molecule has 0 unspecified atom stereocenters. The van der Waals surface area contributed by atoms with Crippen molar-refractivity contribution >= 4 is 39.8 Å². The molecule has 0 bridgehead atoms. The summed E-state index contributed by atoms with van der Waals surface area (Å²) in [6.45, 7) is 2.14. The van der Waals surface area contributed by atoms with E-state index in [9.17, 15) is 57.8 Å². The highest BCUT2D eigenvalue weighted by Gasteiger charge is 2.52. The normalized spacial score (nSPS) is 11.6. The molecule has 322 valence electrons. The average Bonchev–Trinajstić information content (AvgIpc) is 3.24. The van der Waals surface area contributed by atoms with Crippen LogP contribution in [-0.4, -0.2) is 11.3 Å². The number of rotatable bonds is 7. The minimum Gasteiger partial charge on any atom is -0.508 e. The summed E-state index contributed by atoms with van der Waals surface area (Å²) >= 11 is 1.27. The fourth-order valence-corrected chi connectivity index (χ4v) is 7.46. The zero-order valence-corrected chi connectivity index (χ0v) is 30.3. The molecule has 0 aromatic heterocycles. The molecule has 0 amide bonds. The number of phenols is 1. The highest BCUT2D eigenvalue weighted by Crippen LogP contribution is 2.31. The van der Waals surface area contributed by atoms with Crippen LogP contribution in [0.25, 0.3) is 0 Å². The van der Waals surface area contributed by atoms with E-state index in [2.05, 4.69) is 31.2 Å².